The minimum absolute atomic E-state index is 0.154. The Morgan fingerprint density at radius 3 is 2.29 bits per heavy atom. The number of aryl methyl sites for hydroxylation is 1. The lowest BCUT2D eigenvalue weighted by Gasteiger charge is -2.11. The highest BCUT2D eigenvalue weighted by molar-refractivity contribution is 14.1. The molecule has 0 radical (unpaired) electrons. The third-order valence-electron chi connectivity index (χ3n) is 3.05. The van der Waals surface area contributed by atoms with E-state index in [2.05, 4.69) is 27.9 Å². The molecular weight excluding hydrogens is 381 g/mol. The first kappa shape index (κ1) is 15.6. The zero-order chi connectivity index (χ0) is 15.4. The van der Waals surface area contributed by atoms with Gasteiger partial charge in [-0.15, -0.1) is 0 Å². The van der Waals surface area contributed by atoms with Crippen molar-refractivity contribution in [1.29, 1.82) is 0 Å². The number of methoxy groups -OCH3 is 2. The largest absolute Gasteiger partial charge is 0.497 e. The number of halogens is 1. The second kappa shape index (κ2) is 6.80. The van der Waals surface area contributed by atoms with Crippen LogP contribution in [0.25, 0.3) is 0 Å². The lowest BCUT2D eigenvalue weighted by Crippen LogP contribution is -2.14. The monoisotopic (exact) mass is 397 g/mol. The molecule has 1 amide bonds. The molecule has 110 valence electrons. The van der Waals surface area contributed by atoms with Crippen LogP contribution in [0, 0.1) is 10.5 Å². The van der Waals surface area contributed by atoms with E-state index in [4.69, 9.17) is 9.47 Å². The summed E-state index contributed by atoms with van der Waals surface area (Å²) >= 11 is 2.18. The van der Waals surface area contributed by atoms with E-state index < -0.39 is 0 Å². The van der Waals surface area contributed by atoms with Crippen molar-refractivity contribution in [2.45, 2.75) is 6.92 Å². The summed E-state index contributed by atoms with van der Waals surface area (Å²) in [6, 6.07) is 10.9. The van der Waals surface area contributed by atoms with Gasteiger partial charge in [-0.05, 0) is 41.1 Å². The normalized spacial score (nSPS) is 10.1. The fourth-order valence-corrected chi connectivity index (χ4v) is 2.51. The van der Waals surface area contributed by atoms with E-state index in [1.54, 1.807) is 32.4 Å². The molecule has 0 saturated carbocycles. The topological polar surface area (TPSA) is 47.6 Å². The van der Waals surface area contributed by atoms with Crippen LogP contribution in [0.5, 0.6) is 11.5 Å². The zero-order valence-electron chi connectivity index (χ0n) is 12.1. The summed E-state index contributed by atoms with van der Waals surface area (Å²) in [5.41, 5.74) is 2.36. The summed E-state index contributed by atoms with van der Waals surface area (Å²) in [5.74, 6) is 1.10. The van der Waals surface area contributed by atoms with E-state index in [-0.39, 0.29) is 5.91 Å². The van der Waals surface area contributed by atoms with Gasteiger partial charge in [0.25, 0.3) is 5.91 Å². The Morgan fingerprint density at radius 1 is 1.10 bits per heavy atom. The Hall–Kier alpha value is -1.76. The van der Waals surface area contributed by atoms with Crippen LogP contribution >= 0.6 is 22.6 Å². The number of rotatable bonds is 4. The molecule has 0 heterocycles. The van der Waals surface area contributed by atoms with Gasteiger partial charge in [0.2, 0.25) is 0 Å². The fraction of sp³-hybridized carbons (Fsp3) is 0.188. The Morgan fingerprint density at radius 2 is 1.71 bits per heavy atom. The lowest BCUT2D eigenvalue weighted by molar-refractivity contribution is 0.102. The van der Waals surface area contributed by atoms with E-state index in [1.807, 2.05) is 25.1 Å². The third-order valence-corrected chi connectivity index (χ3v) is 4.48. The van der Waals surface area contributed by atoms with E-state index in [1.165, 1.54) is 0 Å². The minimum Gasteiger partial charge on any atom is -0.497 e. The molecule has 5 heteroatoms. The average Bonchev–Trinajstić information content (AvgIpc) is 2.49. The predicted octanol–water partition coefficient (Wildman–Crippen LogP) is 3.87. The molecule has 2 aromatic carbocycles. The summed E-state index contributed by atoms with van der Waals surface area (Å²) in [7, 11) is 3.15. The molecule has 2 rings (SSSR count). The van der Waals surface area contributed by atoms with Crippen molar-refractivity contribution in [2.24, 2.45) is 0 Å². The van der Waals surface area contributed by atoms with Crippen LogP contribution in [-0.2, 0) is 0 Å². The van der Waals surface area contributed by atoms with E-state index in [0.717, 1.165) is 9.13 Å². The van der Waals surface area contributed by atoms with Gasteiger partial charge in [-0.3, -0.25) is 4.79 Å². The number of hydrogen-bond acceptors (Lipinski definition) is 3. The molecule has 0 aliphatic rings. The molecule has 0 atom stereocenters. The Bertz CT molecular complexity index is 648. The molecule has 0 aliphatic carbocycles. The van der Waals surface area contributed by atoms with Gasteiger partial charge >= 0.3 is 0 Å². The summed E-state index contributed by atoms with van der Waals surface area (Å²) in [5, 5.41) is 2.87. The van der Waals surface area contributed by atoms with Gasteiger partial charge < -0.3 is 14.8 Å². The van der Waals surface area contributed by atoms with Crippen LogP contribution in [0.2, 0.25) is 0 Å². The average molecular weight is 397 g/mol. The van der Waals surface area contributed by atoms with Crippen LogP contribution in [-0.4, -0.2) is 20.1 Å². The molecule has 0 saturated heterocycles. The number of carbonyl (C=O) groups is 1. The van der Waals surface area contributed by atoms with Crippen molar-refractivity contribution >= 4 is 34.2 Å². The van der Waals surface area contributed by atoms with E-state index >= 15 is 0 Å². The SMILES string of the molecule is COc1cc(NC(=O)c2cccc(C)c2I)cc(OC)c1. The van der Waals surface area contributed by atoms with Crippen LogP contribution in [0.1, 0.15) is 15.9 Å². The van der Waals surface area contributed by atoms with Crippen LogP contribution < -0.4 is 14.8 Å². The molecule has 0 unspecified atom stereocenters. The first-order valence-electron chi connectivity index (χ1n) is 6.34. The van der Waals surface area contributed by atoms with Crippen molar-refractivity contribution in [3.8, 4) is 11.5 Å². The quantitative estimate of drug-likeness (QED) is 0.797. The number of anilines is 1. The van der Waals surface area contributed by atoms with Crippen molar-refractivity contribution in [1.82, 2.24) is 0 Å². The molecule has 0 aliphatic heterocycles. The standard InChI is InChI=1S/C16H16INO3/c1-10-5-4-6-14(15(10)17)16(19)18-11-7-12(20-2)9-13(8-11)21-3/h4-9H,1-3H3,(H,18,19). The number of amides is 1. The third kappa shape index (κ3) is 3.66. The second-order valence-electron chi connectivity index (χ2n) is 4.49. The molecular formula is C16H16INO3. The molecule has 4 nitrogen and oxygen atoms in total. The van der Waals surface area contributed by atoms with Crippen LogP contribution in [0.15, 0.2) is 36.4 Å². The smallest absolute Gasteiger partial charge is 0.256 e. The number of hydrogen-bond donors (Lipinski definition) is 1. The maximum Gasteiger partial charge on any atom is 0.256 e. The maximum absolute atomic E-state index is 12.4. The summed E-state index contributed by atoms with van der Waals surface area (Å²) in [4.78, 5) is 12.4. The molecule has 1 N–H and O–H groups in total. The summed E-state index contributed by atoms with van der Waals surface area (Å²) < 4.78 is 11.3. The van der Waals surface area contributed by atoms with Gasteiger partial charge in [0.15, 0.2) is 0 Å². The van der Waals surface area contributed by atoms with Crippen molar-refractivity contribution < 1.29 is 14.3 Å². The Balaban J connectivity index is 2.29. The van der Waals surface area contributed by atoms with Crippen LogP contribution in [0.4, 0.5) is 5.69 Å². The summed E-state index contributed by atoms with van der Waals surface area (Å²) in [6.45, 7) is 1.98. The minimum atomic E-state index is -0.154. The van der Waals surface area contributed by atoms with Crippen molar-refractivity contribution in [3.63, 3.8) is 0 Å². The van der Waals surface area contributed by atoms with Crippen molar-refractivity contribution in [2.75, 3.05) is 19.5 Å². The molecule has 0 bridgehead atoms. The molecule has 0 spiro atoms. The Labute approximate surface area is 137 Å². The molecule has 0 fully saturated rings. The molecule has 0 aromatic heterocycles. The van der Waals surface area contributed by atoms with Crippen LogP contribution in [0.3, 0.4) is 0 Å². The second-order valence-corrected chi connectivity index (χ2v) is 5.57. The zero-order valence-corrected chi connectivity index (χ0v) is 14.2. The predicted molar refractivity (Wildman–Crippen MR) is 91.4 cm³/mol. The van der Waals surface area contributed by atoms with Gasteiger partial charge in [0.05, 0.1) is 19.8 Å². The van der Waals surface area contributed by atoms with Gasteiger partial charge in [-0.2, -0.15) is 0 Å². The number of nitrogens with one attached hydrogen (secondary N) is 1. The highest BCUT2D eigenvalue weighted by Gasteiger charge is 2.12. The number of carbonyl (C=O) groups excluding carboxylic acids is 1. The van der Waals surface area contributed by atoms with Gasteiger partial charge in [0.1, 0.15) is 11.5 Å². The van der Waals surface area contributed by atoms with Gasteiger partial charge in [-0.25, -0.2) is 0 Å². The highest BCUT2D eigenvalue weighted by atomic mass is 127. The number of ether oxygens (including phenoxy) is 2. The van der Waals surface area contributed by atoms with E-state index in [9.17, 15) is 4.79 Å². The highest BCUT2D eigenvalue weighted by Crippen LogP contribution is 2.26. The summed E-state index contributed by atoms with van der Waals surface area (Å²) in [6.07, 6.45) is 0. The lowest BCUT2D eigenvalue weighted by atomic mass is 10.1. The van der Waals surface area contributed by atoms with Gasteiger partial charge in [0, 0.05) is 27.5 Å². The fourth-order valence-electron chi connectivity index (χ4n) is 1.90. The van der Waals surface area contributed by atoms with E-state index in [0.29, 0.717) is 22.7 Å². The van der Waals surface area contributed by atoms with Crippen molar-refractivity contribution in [3.05, 3.63) is 51.1 Å². The maximum atomic E-state index is 12.4. The Kier molecular flexibility index (Phi) is 5.06. The van der Waals surface area contributed by atoms with Gasteiger partial charge in [-0.1, -0.05) is 12.1 Å². The number of benzene rings is 2. The molecule has 21 heavy (non-hydrogen) atoms. The first-order chi connectivity index (χ1) is 10.0. The molecule has 2 aromatic rings. The first-order valence-corrected chi connectivity index (χ1v) is 7.42.